The number of benzene rings is 1. The molecule has 0 amide bonds. The third-order valence-electron chi connectivity index (χ3n) is 2.46. The zero-order valence-corrected chi connectivity index (χ0v) is 10.1. The summed E-state index contributed by atoms with van der Waals surface area (Å²) in [6.07, 6.45) is 0. The van der Waals surface area contributed by atoms with Crippen LogP contribution in [-0.4, -0.2) is 48.5 Å². The monoisotopic (exact) mass is 256 g/mol. The van der Waals surface area contributed by atoms with Crippen molar-refractivity contribution in [3.8, 4) is 5.75 Å². The van der Waals surface area contributed by atoms with Gasteiger partial charge in [0.1, 0.15) is 5.69 Å². The van der Waals surface area contributed by atoms with Gasteiger partial charge in [0, 0.05) is 13.1 Å². The molecular weight excluding hydrogens is 240 g/mol. The van der Waals surface area contributed by atoms with Crippen molar-refractivity contribution in [1.82, 2.24) is 0 Å². The molecule has 2 N–H and O–H groups in total. The average Bonchev–Trinajstić information content (AvgIpc) is 2.37. The molecule has 7 nitrogen and oxygen atoms in total. The minimum atomic E-state index is -0.532. The molecule has 7 heteroatoms. The number of hydrogen-bond donors (Lipinski definition) is 2. The zero-order chi connectivity index (χ0) is 13.5. The first-order chi connectivity index (χ1) is 8.65. The highest BCUT2D eigenvalue weighted by Crippen LogP contribution is 2.36. The van der Waals surface area contributed by atoms with E-state index in [2.05, 4.69) is 0 Å². The first-order valence-electron chi connectivity index (χ1n) is 5.43. The Hall–Kier alpha value is -1.86. The lowest BCUT2D eigenvalue weighted by molar-refractivity contribution is -0.385. The Labute approximate surface area is 104 Å². The fraction of sp³-hybridized carbons (Fsp3) is 0.455. The van der Waals surface area contributed by atoms with Gasteiger partial charge in [0.2, 0.25) is 0 Å². The van der Waals surface area contributed by atoms with E-state index < -0.39 is 4.92 Å². The van der Waals surface area contributed by atoms with Crippen molar-refractivity contribution in [1.29, 1.82) is 0 Å². The Balaban J connectivity index is 3.23. The van der Waals surface area contributed by atoms with Crippen LogP contribution in [-0.2, 0) is 0 Å². The van der Waals surface area contributed by atoms with Gasteiger partial charge in [0.25, 0.3) is 0 Å². The number of methoxy groups -OCH3 is 1. The molecular formula is C11H16N2O5. The Bertz CT molecular complexity index is 404. The van der Waals surface area contributed by atoms with Gasteiger partial charge in [-0.3, -0.25) is 10.1 Å². The van der Waals surface area contributed by atoms with Gasteiger partial charge < -0.3 is 19.8 Å². The topological polar surface area (TPSA) is 96.1 Å². The van der Waals surface area contributed by atoms with Gasteiger partial charge in [0.15, 0.2) is 5.75 Å². The number of aliphatic hydroxyl groups is 2. The molecule has 0 unspecified atom stereocenters. The molecule has 1 aromatic carbocycles. The van der Waals surface area contributed by atoms with Crippen LogP contribution in [0, 0.1) is 10.1 Å². The molecule has 0 heterocycles. The van der Waals surface area contributed by atoms with Gasteiger partial charge in [0.05, 0.1) is 25.2 Å². The highest BCUT2D eigenvalue weighted by molar-refractivity contribution is 5.69. The second-order valence-electron chi connectivity index (χ2n) is 3.52. The number of nitro groups is 1. The second kappa shape index (κ2) is 6.77. The van der Waals surface area contributed by atoms with Crippen molar-refractivity contribution in [3.63, 3.8) is 0 Å². The molecule has 0 saturated heterocycles. The predicted octanol–water partition coefficient (Wildman–Crippen LogP) is 0.394. The molecule has 0 bridgehead atoms. The highest BCUT2D eigenvalue weighted by atomic mass is 16.6. The van der Waals surface area contributed by atoms with E-state index >= 15 is 0 Å². The van der Waals surface area contributed by atoms with Crippen LogP contribution in [0.5, 0.6) is 5.75 Å². The second-order valence-corrected chi connectivity index (χ2v) is 3.52. The zero-order valence-electron chi connectivity index (χ0n) is 10.1. The fourth-order valence-electron chi connectivity index (χ4n) is 1.71. The predicted molar refractivity (Wildman–Crippen MR) is 66.0 cm³/mol. The summed E-state index contributed by atoms with van der Waals surface area (Å²) < 4.78 is 4.96. The third kappa shape index (κ3) is 3.08. The molecule has 0 atom stereocenters. The number of para-hydroxylation sites is 1. The van der Waals surface area contributed by atoms with E-state index in [-0.39, 0.29) is 37.7 Å². The summed E-state index contributed by atoms with van der Waals surface area (Å²) in [6, 6.07) is 4.69. The number of hydrogen-bond acceptors (Lipinski definition) is 6. The van der Waals surface area contributed by atoms with Crippen molar-refractivity contribution in [2.75, 3.05) is 38.3 Å². The van der Waals surface area contributed by atoms with Gasteiger partial charge in [-0.15, -0.1) is 0 Å². The van der Waals surface area contributed by atoms with Crippen LogP contribution in [0.25, 0.3) is 0 Å². The summed E-state index contributed by atoms with van der Waals surface area (Å²) in [6.45, 7) is 0.0892. The Morgan fingerprint density at radius 1 is 1.33 bits per heavy atom. The van der Waals surface area contributed by atoms with Crippen LogP contribution in [0.4, 0.5) is 11.4 Å². The first-order valence-corrected chi connectivity index (χ1v) is 5.43. The SMILES string of the molecule is COc1cccc(N(CCO)CCO)c1[N+](=O)[O-]. The maximum Gasteiger partial charge on any atom is 0.333 e. The highest BCUT2D eigenvalue weighted by Gasteiger charge is 2.24. The Morgan fingerprint density at radius 3 is 2.39 bits per heavy atom. The van der Waals surface area contributed by atoms with E-state index in [0.29, 0.717) is 5.69 Å². The van der Waals surface area contributed by atoms with E-state index in [9.17, 15) is 10.1 Å². The van der Waals surface area contributed by atoms with E-state index in [1.54, 1.807) is 17.0 Å². The van der Waals surface area contributed by atoms with Crippen LogP contribution >= 0.6 is 0 Å². The third-order valence-corrected chi connectivity index (χ3v) is 2.46. The molecule has 0 radical (unpaired) electrons. The molecule has 0 aliphatic heterocycles. The minimum Gasteiger partial charge on any atom is -0.490 e. The molecule has 0 aliphatic rings. The smallest absolute Gasteiger partial charge is 0.333 e. The molecule has 0 saturated carbocycles. The Kier molecular flexibility index (Phi) is 5.34. The van der Waals surface area contributed by atoms with Gasteiger partial charge in [-0.05, 0) is 12.1 Å². The summed E-state index contributed by atoms with van der Waals surface area (Å²) in [7, 11) is 1.36. The molecule has 1 rings (SSSR count). The largest absolute Gasteiger partial charge is 0.490 e. The summed E-state index contributed by atoms with van der Waals surface area (Å²) in [4.78, 5) is 12.1. The van der Waals surface area contributed by atoms with Crippen LogP contribution in [0.3, 0.4) is 0 Å². The average molecular weight is 256 g/mol. The lowest BCUT2D eigenvalue weighted by Crippen LogP contribution is -2.30. The molecule has 0 spiro atoms. The molecule has 100 valence electrons. The molecule has 1 aromatic rings. The minimum absolute atomic E-state index is 0.151. The standard InChI is InChI=1S/C11H16N2O5/c1-18-10-4-2-3-9(11(10)13(16)17)12(5-7-14)6-8-15/h2-4,14-15H,5-8H2,1H3. The van der Waals surface area contributed by atoms with Crippen molar-refractivity contribution < 1.29 is 19.9 Å². The molecule has 0 fully saturated rings. The van der Waals surface area contributed by atoms with E-state index in [4.69, 9.17) is 14.9 Å². The van der Waals surface area contributed by atoms with E-state index in [1.807, 2.05) is 0 Å². The number of ether oxygens (including phenoxy) is 1. The number of nitro benzene ring substituents is 1. The van der Waals surface area contributed by atoms with E-state index in [0.717, 1.165) is 0 Å². The van der Waals surface area contributed by atoms with Gasteiger partial charge in [-0.1, -0.05) is 6.07 Å². The lowest BCUT2D eigenvalue weighted by atomic mass is 10.2. The van der Waals surface area contributed by atoms with Crippen LogP contribution in [0.15, 0.2) is 18.2 Å². The van der Waals surface area contributed by atoms with Gasteiger partial charge in [-0.2, -0.15) is 0 Å². The van der Waals surface area contributed by atoms with Crippen molar-refractivity contribution in [2.24, 2.45) is 0 Å². The fourth-order valence-corrected chi connectivity index (χ4v) is 1.71. The summed E-state index contributed by atoms with van der Waals surface area (Å²) in [5.74, 6) is 0.151. The maximum atomic E-state index is 11.1. The van der Waals surface area contributed by atoms with E-state index in [1.165, 1.54) is 13.2 Å². The summed E-state index contributed by atoms with van der Waals surface area (Å²) in [5.41, 5.74) is 0.157. The van der Waals surface area contributed by atoms with Gasteiger partial charge in [-0.25, -0.2) is 0 Å². The number of aliphatic hydroxyl groups excluding tert-OH is 2. The summed E-state index contributed by atoms with van der Waals surface area (Å²) >= 11 is 0. The quantitative estimate of drug-likeness (QED) is 0.541. The molecule has 0 aliphatic carbocycles. The number of rotatable bonds is 7. The van der Waals surface area contributed by atoms with Crippen LogP contribution in [0.1, 0.15) is 0 Å². The van der Waals surface area contributed by atoms with Crippen molar-refractivity contribution in [3.05, 3.63) is 28.3 Å². The van der Waals surface area contributed by atoms with Crippen molar-refractivity contribution >= 4 is 11.4 Å². The molecule has 18 heavy (non-hydrogen) atoms. The van der Waals surface area contributed by atoms with Crippen molar-refractivity contribution in [2.45, 2.75) is 0 Å². The normalized spacial score (nSPS) is 10.2. The van der Waals surface area contributed by atoms with Crippen LogP contribution < -0.4 is 9.64 Å². The van der Waals surface area contributed by atoms with Crippen LogP contribution in [0.2, 0.25) is 0 Å². The molecule has 0 aromatic heterocycles. The van der Waals surface area contributed by atoms with Gasteiger partial charge >= 0.3 is 5.69 Å². The number of nitrogens with zero attached hydrogens (tertiary/aromatic N) is 2. The summed E-state index contributed by atoms with van der Waals surface area (Å²) in [5, 5.41) is 29.0. The number of anilines is 1. The first kappa shape index (κ1) is 14.2. The maximum absolute atomic E-state index is 11.1. The lowest BCUT2D eigenvalue weighted by Gasteiger charge is -2.23. The Morgan fingerprint density at radius 2 is 1.94 bits per heavy atom.